The molecule has 0 saturated carbocycles. The van der Waals surface area contributed by atoms with Gasteiger partial charge >= 0.3 is 0 Å². The van der Waals surface area contributed by atoms with Crippen molar-refractivity contribution in [3.05, 3.63) is 18.0 Å². The number of rotatable bonds is 2. The molecular formula is C9H13ClN4O. The van der Waals surface area contributed by atoms with Gasteiger partial charge in [0.2, 0.25) is 5.95 Å². The first-order valence-electron chi connectivity index (χ1n) is 4.63. The Kier molecular flexibility index (Phi) is 4.45. The summed E-state index contributed by atoms with van der Waals surface area (Å²) in [6.45, 7) is 3.75. The second-order valence-corrected chi connectivity index (χ2v) is 3.17. The van der Waals surface area contributed by atoms with E-state index in [1.54, 1.807) is 12.4 Å². The number of halogens is 1. The first kappa shape index (κ1) is 11.9. The van der Waals surface area contributed by atoms with Crippen molar-refractivity contribution in [3.8, 4) is 0 Å². The second kappa shape index (κ2) is 5.63. The molecule has 6 heteroatoms. The van der Waals surface area contributed by atoms with Gasteiger partial charge in [-0.2, -0.15) is 0 Å². The first-order chi connectivity index (χ1) is 6.90. The number of carbonyl (C=O) groups is 1. The van der Waals surface area contributed by atoms with Gasteiger partial charge in [-0.3, -0.25) is 4.79 Å². The van der Waals surface area contributed by atoms with Gasteiger partial charge in [-0.05, 0) is 0 Å². The lowest BCUT2D eigenvalue weighted by atomic mass is 10.3. The fourth-order valence-electron chi connectivity index (χ4n) is 1.42. The molecule has 1 saturated heterocycles. The lowest BCUT2D eigenvalue weighted by Gasteiger charge is -2.27. The lowest BCUT2D eigenvalue weighted by molar-refractivity contribution is 0.112. The summed E-state index contributed by atoms with van der Waals surface area (Å²) in [7, 11) is 0. The van der Waals surface area contributed by atoms with E-state index in [0.29, 0.717) is 11.5 Å². The van der Waals surface area contributed by atoms with Gasteiger partial charge in [-0.1, -0.05) is 0 Å². The Labute approximate surface area is 94.3 Å². The predicted octanol–water partition coefficient (Wildman–Crippen LogP) is 0.120. The number of nitrogens with one attached hydrogen (secondary N) is 1. The molecule has 1 aromatic heterocycles. The van der Waals surface area contributed by atoms with Crippen LogP contribution in [-0.2, 0) is 0 Å². The van der Waals surface area contributed by atoms with Gasteiger partial charge in [0.1, 0.15) is 0 Å². The van der Waals surface area contributed by atoms with Crippen molar-refractivity contribution < 1.29 is 4.79 Å². The Morgan fingerprint density at radius 3 is 2.40 bits per heavy atom. The Hall–Kier alpha value is -1.20. The first-order valence-corrected chi connectivity index (χ1v) is 4.63. The molecule has 2 rings (SSSR count). The number of carbonyl (C=O) groups excluding carboxylic acids is 1. The normalized spacial score (nSPS) is 15.6. The molecule has 0 aromatic carbocycles. The van der Waals surface area contributed by atoms with Crippen LogP contribution < -0.4 is 10.2 Å². The van der Waals surface area contributed by atoms with Gasteiger partial charge in [0.15, 0.2) is 6.29 Å². The minimum atomic E-state index is 0. The molecule has 0 aliphatic carbocycles. The summed E-state index contributed by atoms with van der Waals surface area (Å²) in [5, 5.41) is 3.25. The second-order valence-electron chi connectivity index (χ2n) is 3.17. The topological polar surface area (TPSA) is 58.1 Å². The summed E-state index contributed by atoms with van der Waals surface area (Å²) < 4.78 is 0. The highest BCUT2D eigenvalue weighted by atomic mass is 35.5. The molecule has 82 valence electrons. The predicted molar refractivity (Wildman–Crippen MR) is 59.8 cm³/mol. The monoisotopic (exact) mass is 228 g/mol. The van der Waals surface area contributed by atoms with Crippen molar-refractivity contribution in [3.63, 3.8) is 0 Å². The number of nitrogens with zero attached hydrogens (tertiary/aromatic N) is 3. The fraction of sp³-hybridized carbons (Fsp3) is 0.444. The Balaban J connectivity index is 0.00000112. The summed E-state index contributed by atoms with van der Waals surface area (Å²) in [6, 6.07) is 0. The van der Waals surface area contributed by atoms with E-state index >= 15 is 0 Å². The third-order valence-electron chi connectivity index (χ3n) is 2.19. The van der Waals surface area contributed by atoms with E-state index in [9.17, 15) is 4.79 Å². The van der Waals surface area contributed by atoms with Gasteiger partial charge in [0.05, 0.1) is 5.56 Å². The highest BCUT2D eigenvalue weighted by Crippen LogP contribution is 2.06. The standard InChI is InChI=1S/C9H12N4O.ClH/c14-7-8-5-11-9(12-6-8)13-3-1-10-2-4-13;/h5-7,10H,1-4H2;1H. The summed E-state index contributed by atoms with van der Waals surface area (Å²) in [4.78, 5) is 20.8. The highest BCUT2D eigenvalue weighted by Gasteiger charge is 2.12. The van der Waals surface area contributed by atoms with Crippen LogP contribution in [0.25, 0.3) is 0 Å². The average Bonchev–Trinajstić information content (AvgIpc) is 2.30. The van der Waals surface area contributed by atoms with Crippen LogP contribution in [0.4, 0.5) is 5.95 Å². The molecule has 0 spiro atoms. The largest absolute Gasteiger partial charge is 0.338 e. The number of aldehydes is 1. The average molecular weight is 229 g/mol. The SMILES string of the molecule is Cl.O=Cc1cnc(N2CCNCC2)nc1. The van der Waals surface area contributed by atoms with Crippen molar-refractivity contribution in [1.29, 1.82) is 0 Å². The molecule has 1 aromatic rings. The molecule has 15 heavy (non-hydrogen) atoms. The zero-order chi connectivity index (χ0) is 9.80. The zero-order valence-corrected chi connectivity index (χ0v) is 9.04. The molecule has 5 nitrogen and oxygen atoms in total. The molecule has 0 atom stereocenters. The fourth-order valence-corrected chi connectivity index (χ4v) is 1.42. The maximum Gasteiger partial charge on any atom is 0.225 e. The minimum absolute atomic E-state index is 0. The van der Waals surface area contributed by atoms with Crippen molar-refractivity contribution in [2.75, 3.05) is 31.1 Å². The van der Waals surface area contributed by atoms with E-state index in [1.165, 1.54) is 0 Å². The maximum absolute atomic E-state index is 10.4. The van der Waals surface area contributed by atoms with Crippen LogP contribution in [0, 0.1) is 0 Å². The van der Waals surface area contributed by atoms with E-state index in [4.69, 9.17) is 0 Å². The van der Waals surface area contributed by atoms with Crippen LogP contribution in [0.15, 0.2) is 12.4 Å². The van der Waals surface area contributed by atoms with Crippen molar-refractivity contribution >= 4 is 24.6 Å². The molecule has 1 fully saturated rings. The van der Waals surface area contributed by atoms with E-state index in [-0.39, 0.29) is 12.4 Å². The highest BCUT2D eigenvalue weighted by molar-refractivity contribution is 5.85. The Bertz CT molecular complexity index is 310. The van der Waals surface area contributed by atoms with Crippen molar-refractivity contribution in [2.24, 2.45) is 0 Å². The molecular weight excluding hydrogens is 216 g/mol. The number of piperazine rings is 1. The molecule has 0 unspecified atom stereocenters. The maximum atomic E-state index is 10.4. The summed E-state index contributed by atoms with van der Waals surface area (Å²) in [5.74, 6) is 0.706. The molecule has 0 bridgehead atoms. The molecule has 2 heterocycles. The molecule has 0 radical (unpaired) electrons. The summed E-state index contributed by atoms with van der Waals surface area (Å²) in [5.41, 5.74) is 0.517. The zero-order valence-electron chi connectivity index (χ0n) is 8.22. The molecule has 0 amide bonds. The van der Waals surface area contributed by atoms with Crippen LogP contribution in [0.1, 0.15) is 10.4 Å². The quantitative estimate of drug-likeness (QED) is 0.729. The van der Waals surface area contributed by atoms with E-state index in [2.05, 4.69) is 20.2 Å². The van der Waals surface area contributed by atoms with Gasteiger partial charge in [0, 0.05) is 38.6 Å². The Morgan fingerprint density at radius 1 is 1.27 bits per heavy atom. The smallest absolute Gasteiger partial charge is 0.225 e. The van der Waals surface area contributed by atoms with Crippen LogP contribution in [0.2, 0.25) is 0 Å². The van der Waals surface area contributed by atoms with Gasteiger partial charge in [0.25, 0.3) is 0 Å². The van der Waals surface area contributed by atoms with Crippen LogP contribution >= 0.6 is 12.4 Å². The minimum Gasteiger partial charge on any atom is -0.338 e. The number of hydrogen-bond donors (Lipinski definition) is 1. The van der Waals surface area contributed by atoms with Crippen LogP contribution in [0.3, 0.4) is 0 Å². The van der Waals surface area contributed by atoms with Crippen LogP contribution in [-0.4, -0.2) is 42.4 Å². The molecule has 1 N–H and O–H groups in total. The van der Waals surface area contributed by atoms with Gasteiger partial charge in [-0.25, -0.2) is 9.97 Å². The summed E-state index contributed by atoms with van der Waals surface area (Å²) in [6.07, 6.45) is 3.86. The Morgan fingerprint density at radius 2 is 1.87 bits per heavy atom. The van der Waals surface area contributed by atoms with Crippen molar-refractivity contribution in [1.82, 2.24) is 15.3 Å². The van der Waals surface area contributed by atoms with Crippen LogP contribution in [0.5, 0.6) is 0 Å². The van der Waals surface area contributed by atoms with Gasteiger partial charge < -0.3 is 10.2 Å². The molecule has 1 aliphatic heterocycles. The third kappa shape index (κ3) is 2.87. The molecule has 1 aliphatic rings. The third-order valence-corrected chi connectivity index (χ3v) is 2.19. The van der Waals surface area contributed by atoms with Crippen molar-refractivity contribution in [2.45, 2.75) is 0 Å². The van der Waals surface area contributed by atoms with E-state index < -0.39 is 0 Å². The number of hydrogen-bond acceptors (Lipinski definition) is 5. The number of anilines is 1. The van der Waals surface area contributed by atoms with E-state index in [0.717, 1.165) is 32.5 Å². The summed E-state index contributed by atoms with van der Waals surface area (Å²) >= 11 is 0. The lowest BCUT2D eigenvalue weighted by Crippen LogP contribution is -2.44. The van der Waals surface area contributed by atoms with Gasteiger partial charge in [-0.15, -0.1) is 12.4 Å². The van der Waals surface area contributed by atoms with E-state index in [1.807, 2.05) is 0 Å². The number of aromatic nitrogens is 2.